The molecular formula is C30H29N5O4S. The number of ether oxygens (including phenoxy) is 2. The van der Waals surface area contributed by atoms with E-state index in [1.807, 2.05) is 70.3 Å². The molecule has 1 aliphatic rings. The molecule has 2 N–H and O–H groups in total. The van der Waals surface area contributed by atoms with E-state index in [4.69, 9.17) is 21.7 Å². The van der Waals surface area contributed by atoms with Crippen molar-refractivity contribution in [3.05, 3.63) is 102 Å². The number of thiocarbonyl (C=S) groups is 1. The zero-order chi connectivity index (χ0) is 28.2. The molecule has 10 heteroatoms. The number of hydrogen-bond acceptors (Lipinski definition) is 6. The van der Waals surface area contributed by atoms with Crippen molar-refractivity contribution < 1.29 is 19.1 Å². The van der Waals surface area contributed by atoms with Crippen LogP contribution in [0.1, 0.15) is 47.2 Å². The first-order chi connectivity index (χ1) is 19.5. The average molecular weight is 556 g/mol. The first-order valence-corrected chi connectivity index (χ1v) is 13.2. The van der Waals surface area contributed by atoms with Gasteiger partial charge in [0.2, 0.25) is 5.91 Å². The largest absolute Gasteiger partial charge is 0.494 e. The Kier molecular flexibility index (Phi) is 7.79. The van der Waals surface area contributed by atoms with Gasteiger partial charge in [0.05, 0.1) is 42.9 Å². The highest BCUT2D eigenvalue weighted by Gasteiger charge is 2.42. The minimum absolute atomic E-state index is 0.111. The molecule has 2 aromatic carbocycles. The number of methoxy groups -OCH3 is 2. The number of amides is 1. The van der Waals surface area contributed by atoms with Gasteiger partial charge in [-0.2, -0.15) is 0 Å². The van der Waals surface area contributed by atoms with Crippen LogP contribution in [-0.4, -0.2) is 40.8 Å². The molecule has 2 atom stereocenters. The van der Waals surface area contributed by atoms with Gasteiger partial charge in [-0.3, -0.25) is 9.78 Å². The molecule has 9 nitrogen and oxygen atoms in total. The molecule has 0 saturated carbocycles. The maximum Gasteiger partial charge on any atom is 0.339 e. The average Bonchev–Trinajstić information content (AvgIpc) is 3.61. The lowest BCUT2D eigenvalue weighted by molar-refractivity contribution is -0.115. The molecule has 204 valence electrons. The second kappa shape index (κ2) is 11.6. The van der Waals surface area contributed by atoms with Crippen molar-refractivity contribution >= 4 is 40.6 Å². The van der Waals surface area contributed by atoms with E-state index in [0.29, 0.717) is 34.2 Å². The van der Waals surface area contributed by atoms with Crippen molar-refractivity contribution in [1.29, 1.82) is 0 Å². The lowest BCUT2D eigenvalue weighted by Gasteiger charge is -2.29. The fraction of sp³-hybridized carbons (Fsp3) is 0.200. The van der Waals surface area contributed by atoms with Crippen LogP contribution in [0.2, 0.25) is 0 Å². The molecule has 1 amide bonds. The van der Waals surface area contributed by atoms with Gasteiger partial charge in [0.15, 0.2) is 5.11 Å². The minimum atomic E-state index is -0.428. The van der Waals surface area contributed by atoms with Crippen LogP contribution in [0.15, 0.2) is 85.2 Å². The Morgan fingerprint density at radius 1 is 1.05 bits per heavy atom. The van der Waals surface area contributed by atoms with Gasteiger partial charge in [-0.05, 0) is 60.7 Å². The van der Waals surface area contributed by atoms with Crippen LogP contribution in [0.4, 0.5) is 11.4 Å². The SMILES string of the molecule is CCC(=O)Nc1ccc(N2C(=S)N[C@@H](c3ccccn3)[C@H]2c2cccn2-c2ccccc2C(=O)OC)cc1OC. The number of benzene rings is 2. The van der Waals surface area contributed by atoms with Crippen LogP contribution in [0.25, 0.3) is 5.69 Å². The van der Waals surface area contributed by atoms with E-state index in [1.54, 1.807) is 38.4 Å². The molecule has 0 spiro atoms. The summed E-state index contributed by atoms with van der Waals surface area (Å²) >= 11 is 5.89. The molecule has 1 saturated heterocycles. The number of nitrogens with zero attached hydrogens (tertiary/aromatic N) is 3. The van der Waals surface area contributed by atoms with E-state index >= 15 is 0 Å². The summed E-state index contributed by atoms with van der Waals surface area (Å²) in [7, 11) is 2.93. The van der Waals surface area contributed by atoms with Gasteiger partial charge in [0.1, 0.15) is 11.8 Å². The Hall–Kier alpha value is -4.70. The van der Waals surface area contributed by atoms with Gasteiger partial charge in [-0.1, -0.05) is 25.1 Å². The van der Waals surface area contributed by atoms with Crippen LogP contribution in [0, 0.1) is 0 Å². The monoisotopic (exact) mass is 555 g/mol. The number of rotatable bonds is 8. The summed E-state index contributed by atoms with van der Waals surface area (Å²) < 4.78 is 12.7. The number of hydrogen-bond donors (Lipinski definition) is 2. The summed E-state index contributed by atoms with van der Waals surface area (Å²) in [5.41, 5.74) is 4.15. The highest BCUT2D eigenvalue weighted by molar-refractivity contribution is 7.80. The van der Waals surface area contributed by atoms with Crippen LogP contribution in [0.3, 0.4) is 0 Å². The van der Waals surface area contributed by atoms with Gasteiger partial charge in [-0.25, -0.2) is 4.79 Å². The summed E-state index contributed by atoms with van der Waals surface area (Å²) in [6, 6.07) is 21.9. The second-order valence-corrected chi connectivity index (χ2v) is 9.48. The third kappa shape index (κ3) is 5.01. The van der Waals surface area contributed by atoms with Gasteiger partial charge in [-0.15, -0.1) is 0 Å². The molecule has 3 heterocycles. The zero-order valence-corrected chi connectivity index (χ0v) is 23.1. The minimum Gasteiger partial charge on any atom is -0.494 e. The standard InChI is InChI=1S/C30H29N5O4S/c1-4-26(36)32-21-15-14-19(18-25(21)38-2)35-28(27(33-30(35)40)22-11-7-8-16-31-22)24-13-9-17-34(24)23-12-6-5-10-20(23)29(37)39-3/h5-18,27-28H,4H2,1-3H3,(H,32,36)(H,33,40)/t27-,28+/m0/s1. The summed E-state index contributed by atoms with van der Waals surface area (Å²) in [6.45, 7) is 1.79. The van der Waals surface area contributed by atoms with Gasteiger partial charge in [0, 0.05) is 36.3 Å². The number of carbonyl (C=O) groups is 2. The van der Waals surface area contributed by atoms with E-state index in [1.165, 1.54) is 7.11 Å². The van der Waals surface area contributed by atoms with Gasteiger partial charge >= 0.3 is 5.97 Å². The Bertz CT molecular complexity index is 1550. The molecule has 0 unspecified atom stereocenters. The number of para-hydroxylation sites is 1. The second-order valence-electron chi connectivity index (χ2n) is 9.09. The van der Waals surface area contributed by atoms with Crippen molar-refractivity contribution in [2.24, 2.45) is 0 Å². The van der Waals surface area contributed by atoms with Crippen molar-refractivity contribution in [3.8, 4) is 11.4 Å². The number of esters is 1. The lowest BCUT2D eigenvalue weighted by atomic mass is 10.00. The van der Waals surface area contributed by atoms with E-state index in [-0.39, 0.29) is 18.0 Å². The van der Waals surface area contributed by atoms with E-state index in [0.717, 1.165) is 17.1 Å². The Morgan fingerprint density at radius 3 is 2.58 bits per heavy atom. The smallest absolute Gasteiger partial charge is 0.339 e. The highest BCUT2D eigenvalue weighted by Crippen LogP contribution is 2.44. The number of carbonyl (C=O) groups excluding carboxylic acids is 2. The molecule has 1 aliphatic heterocycles. The summed E-state index contributed by atoms with van der Waals surface area (Å²) in [6.07, 6.45) is 4.01. The Morgan fingerprint density at radius 2 is 1.85 bits per heavy atom. The predicted octanol–water partition coefficient (Wildman–Crippen LogP) is 5.19. The fourth-order valence-electron chi connectivity index (χ4n) is 4.93. The van der Waals surface area contributed by atoms with E-state index < -0.39 is 5.97 Å². The van der Waals surface area contributed by atoms with E-state index in [9.17, 15) is 9.59 Å². The molecule has 0 bridgehead atoms. The maximum atomic E-state index is 12.7. The zero-order valence-electron chi connectivity index (χ0n) is 22.3. The summed E-state index contributed by atoms with van der Waals surface area (Å²) in [4.78, 5) is 31.4. The highest BCUT2D eigenvalue weighted by atomic mass is 32.1. The third-order valence-electron chi connectivity index (χ3n) is 6.81. The Labute approximate surface area is 237 Å². The quantitative estimate of drug-likeness (QED) is 0.226. The number of pyridine rings is 1. The van der Waals surface area contributed by atoms with Crippen molar-refractivity contribution in [2.45, 2.75) is 25.4 Å². The summed E-state index contributed by atoms with van der Waals surface area (Å²) in [5.74, 6) is -0.0314. The molecule has 0 radical (unpaired) electrons. The fourth-order valence-corrected chi connectivity index (χ4v) is 5.27. The first-order valence-electron chi connectivity index (χ1n) is 12.8. The normalized spacial score (nSPS) is 16.4. The molecular weight excluding hydrogens is 526 g/mol. The third-order valence-corrected chi connectivity index (χ3v) is 7.12. The maximum absolute atomic E-state index is 12.7. The molecule has 40 heavy (non-hydrogen) atoms. The predicted molar refractivity (Wildman–Crippen MR) is 157 cm³/mol. The first kappa shape index (κ1) is 26.9. The molecule has 2 aromatic heterocycles. The van der Waals surface area contributed by atoms with Crippen molar-refractivity contribution in [3.63, 3.8) is 0 Å². The van der Waals surface area contributed by atoms with Crippen molar-refractivity contribution in [2.75, 3.05) is 24.4 Å². The number of aromatic nitrogens is 2. The Balaban J connectivity index is 1.66. The summed E-state index contributed by atoms with van der Waals surface area (Å²) in [5, 5.41) is 6.84. The molecule has 5 rings (SSSR count). The topological polar surface area (TPSA) is 97.7 Å². The van der Waals surface area contributed by atoms with Crippen LogP contribution in [-0.2, 0) is 9.53 Å². The van der Waals surface area contributed by atoms with Crippen LogP contribution in [0.5, 0.6) is 5.75 Å². The van der Waals surface area contributed by atoms with E-state index in [2.05, 4.69) is 15.6 Å². The lowest BCUT2D eigenvalue weighted by Crippen LogP contribution is -2.30. The number of nitrogens with one attached hydrogen (secondary N) is 2. The van der Waals surface area contributed by atoms with Gasteiger partial charge < -0.3 is 29.6 Å². The molecule has 1 fully saturated rings. The van der Waals surface area contributed by atoms with Gasteiger partial charge in [0.25, 0.3) is 0 Å². The molecule has 4 aromatic rings. The van der Waals surface area contributed by atoms with Crippen LogP contribution >= 0.6 is 12.2 Å². The van der Waals surface area contributed by atoms with Crippen LogP contribution < -0.4 is 20.3 Å². The molecule has 0 aliphatic carbocycles. The van der Waals surface area contributed by atoms with Crippen molar-refractivity contribution in [1.82, 2.24) is 14.9 Å². The number of anilines is 2.